The first-order valence-corrected chi connectivity index (χ1v) is 13.2. The van der Waals surface area contributed by atoms with Crippen LogP contribution in [0.1, 0.15) is 18.9 Å². The van der Waals surface area contributed by atoms with E-state index in [2.05, 4.69) is 26.0 Å². The molecule has 0 bridgehead atoms. The average Bonchev–Trinajstić information content (AvgIpc) is 2.71. The summed E-state index contributed by atoms with van der Waals surface area (Å²) in [6.45, 7) is 2.03. The van der Waals surface area contributed by atoms with Crippen molar-refractivity contribution in [2.75, 3.05) is 23.9 Å². The molecule has 0 heterocycles. The first-order valence-electron chi connectivity index (χ1n) is 9.57. The molecule has 2 aromatic rings. The van der Waals surface area contributed by atoms with Crippen LogP contribution in [0.15, 0.2) is 57.9 Å². The molecule has 0 spiro atoms. The van der Waals surface area contributed by atoms with E-state index in [1.807, 2.05) is 6.26 Å². The van der Waals surface area contributed by atoms with Crippen LogP contribution in [-0.4, -0.2) is 45.0 Å². The lowest BCUT2D eigenvalue weighted by molar-refractivity contribution is -0.142. The molecule has 2 aromatic carbocycles. The molecule has 0 radical (unpaired) electrons. The quantitative estimate of drug-likeness (QED) is 0.432. The Kier molecular flexibility index (Phi) is 10.0. The van der Waals surface area contributed by atoms with Gasteiger partial charge in [-0.25, -0.2) is 8.42 Å². The molecule has 0 aromatic heterocycles. The zero-order chi connectivity index (χ0) is 22.9. The molecule has 168 valence electrons. The number of anilines is 1. The van der Waals surface area contributed by atoms with Crippen molar-refractivity contribution >= 4 is 55.3 Å². The average molecular weight is 529 g/mol. The van der Waals surface area contributed by atoms with Gasteiger partial charge < -0.3 is 10.1 Å². The fourth-order valence-corrected chi connectivity index (χ4v) is 4.68. The molecule has 10 heteroatoms. The number of benzene rings is 2. The van der Waals surface area contributed by atoms with Crippen LogP contribution >= 0.6 is 27.7 Å². The van der Waals surface area contributed by atoms with Crippen LogP contribution in [0.2, 0.25) is 0 Å². The van der Waals surface area contributed by atoms with Crippen LogP contribution in [0.3, 0.4) is 0 Å². The predicted octanol–water partition coefficient (Wildman–Crippen LogP) is 3.59. The second kappa shape index (κ2) is 12.2. The van der Waals surface area contributed by atoms with Gasteiger partial charge in [0.05, 0.1) is 17.9 Å². The number of hydrogen-bond acceptors (Lipinski definition) is 6. The molecule has 2 rings (SSSR count). The highest BCUT2D eigenvalue weighted by atomic mass is 79.9. The van der Waals surface area contributed by atoms with Gasteiger partial charge in [-0.15, -0.1) is 0 Å². The number of halogens is 1. The van der Waals surface area contributed by atoms with Gasteiger partial charge >= 0.3 is 5.97 Å². The fraction of sp³-hybridized carbons (Fsp3) is 0.333. The van der Waals surface area contributed by atoms with Gasteiger partial charge in [-0.3, -0.25) is 9.59 Å². The highest BCUT2D eigenvalue weighted by molar-refractivity contribution is 9.10. The van der Waals surface area contributed by atoms with E-state index in [0.717, 1.165) is 4.47 Å². The summed E-state index contributed by atoms with van der Waals surface area (Å²) in [6, 6.07) is 12.1. The number of ether oxygens (including phenoxy) is 1. The van der Waals surface area contributed by atoms with Crippen LogP contribution in [-0.2, 0) is 30.8 Å². The minimum atomic E-state index is -3.88. The molecule has 0 unspecified atom stereocenters. The predicted molar refractivity (Wildman–Crippen MR) is 127 cm³/mol. The van der Waals surface area contributed by atoms with Crippen molar-refractivity contribution in [1.82, 2.24) is 4.72 Å². The van der Waals surface area contributed by atoms with Gasteiger partial charge in [0.15, 0.2) is 0 Å². The Labute approximate surface area is 195 Å². The number of nitrogens with one attached hydrogen (secondary N) is 2. The van der Waals surface area contributed by atoms with Crippen molar-refractivity contribution in [3.63, 3.8) is 0 Å². The molecular formula is C21H25BrN2O5S2. The Morgan fingerprint density at radius 1 is 1.16 bits per heavy atom. The smallest absolute Gasteiger partial charge is 0.310 e. The second-order valence-electron chi connectivity index (χ2n) is 6.58. The molecule has 1 atom stereocenters. The molecule has 0 saturated carbocycles. The number of esters is 1. The Hall–Kier alpha value is -1.88. The third kappa shape index (κ3) is 8.29. The molecule has 0 aliphatic heterocycles. The third-order valence-electron chi connectivity index (χ3n) is 4.20. The third-order valence-corrected chi connectivity index (χ3v) is 6.86. The molecule has 1 amide bonds. The van der Waals surface area contributed by atoms with Crippen molar-refractivity contribution in [3.05, 3.63) is 58.6 Å². The van der Waals surface area contributed by atoms with Gasteiger partial charge in [-0.05, 0) is 67.3 Å². The lowest BCUT2D eigenvalue weighted by Crippen LogP contribution is -2.44. The summed E-state index contributed by atoms with van der Waals surface area (Å²) in [7, 11) is -3.88. The maximum Gasteiger partial charge on any atom is 0.310 e. The zero-order valence-electron chi connectivity index (χ0n) is 17.3. The Bertz CT molecular complexity index is 997. The van der Waals surface area contributed by atoms with E-state index in [4.69, 9.17) is 4.74 Å². The number of amides is 1. The summed E-state index contributed by atoms with van der Waals surface area (Å²) < 4.78 is 33.7. The number of rotatable bonds is 11. The van der Waals surface area contributed by atoms with Crippen LogP contribution in [0.5, 0.6) is 0 Å². The first kappa shape index (κ1) is 25.4. The molecule has 0 saturated heterocycles. The van der Waals surface area contributed by atoms with Crippen LogP contribution < -0.4 is 10.0 Å². The highest BCUT2D eigenvalue weighted by Gasteiger charge is 2.25. The number of thioether (sulfide) groups is 1. The molecule has 0 fully saturated rings. The summed E-state index contributed by atoms with van der Waals surface area (Å²) in [4.78, 5) is 24.6. The fourth-order valence-electron chi connectivity index (χ4n) is 2.72. The van der Waals surface area contributed by atoms with Crippen LogP contribution in [0.25, 0.3) is 0 Å². The Morgan fingerprint density at radius 2 is 1.87 bits per heavy atom. The van der Waals surface area contributed by atoms with Crippen LogP contribution in [0.4, 0.5) is 5.69 Å². The minimum Gasteiger partial charge on any atom is -0.466 e. The molecular weight excluding hydrogens is 504 g/mol. The van der Waals surface area contributed by atoms with Crippen molar-refractivity contribution in [3.8, 4) is 0 Å². The number of carbonyl (C=O) groups is 2. The van der Waals surface area contributed by atoms with Gasteiger partial charge in [0.1, 0.15) is 6.04 Å². The second-order valence-corrected chi connectivity index (χ2v) is 10.2. The monoisotopic (exact) mass is 528 g/mol. The Morgan fingerprint density at radius 3 is 2.52 bits per heavy atom. The van der Waals surface area contributed by atoms with Crippen molar-refractivity contribution in [2.45, 2.75) is 30.7 Å². The van der Waals surface area contributed by atoms with Gasteiger partial charge in [0.25, 0.3) is 0 Å². The lowest BCUT2D eigenvalue weighted by Gasteiger charge is -2.18. The largest absolute Gasteiger partial charge is 0.466 e. The zero-order valence-corrected chi connectivity index (χ0v) is 20.5. The first-order chi connectivity index (χ1) is 14.7. The minimum absolute atomic E-state index is 0.0779. The van der Waals surface area contributed by atoms with E-state index < -0.39 is 22.0 Å². The summed E-state index contributed by atoms with van der Waals surface area (Å²) in [5.41, 5.74) is 1.16. The normalized spacial score (nSPS) is 12.2. The topological polar surface area (TPSA) is 102 Å². The van der Waals surface area contributed by atoms with Crippen molar-refractivity contribution in [2.24, 2.45) is 0 Å². The number of hydrogen-bond donors (Lipinski definition) is 2. The lowest BCUT2D eigenvalue weighted by atomic mass is 10.1. The van der Waals surface area contributed by atoms with Crippen LogP contribution in [0, 0.1) is 0 Å². The van der Waals surface area contributed by atoms with Crippen molar-refractivity contribution in [1.29, 1.82) is 0 Å². The Balaban J connectivity index is 2.14. The molecule has 0 aliphatic rings. The van der Waals surface area contributed by atoms with E-state index in [0.29, 0.717) is 30.0 Å². The SMILES string of the molecule is CCOC(=O)Cc1cccc(NC(=O)[C@H](CCSC)NS(=O)(=O)c2ccc(Br)cc2)c1. The number of sulfonamides is 1. The van der Waals surface area contributed by atoms with Gasteiger partial charge in [-0.1, -0.05) is 28.1 Å². The standard InChI is InChI=1S/C21H25BrN2O5S2/c1-3-29-20(25)14-15-5-4-6-17(13-15)23-21(26)19(11-12-30-2)24-31(27,28)18-9-7-16(22)8-10-18/h4-10,13,19,24H,3,11-12,14H2,1-2H3,(H,23,26)/t19-/m0/s1. The van der Waals surface area contributed by atoms with E-state index in [1.54, 1.807) is 43.3 Å². The van der Waals surface area contributed by atoms with E-state index in [1.165, 1.54) is 23.9 Å². The van der Waals surface area contributed by atoms with Crippen molar-refractivity contribution < 1.29 is 22.7 Å². The maximum atomic E-state index is 12.9. The summed E-state index contributed by atoms with van der Waals surface area (Å²) in [5.74, 6) is -0.224. The maximum absolute atomic E-state index is 12.9. The molecule has 0 aliphatic carbocycles. The summed E-state index contributed by atoms with van der Waals surface area (Å²) in [6.07, 6.45) is 2.30. The molecule has 7 nitrogen and oxygen atoms in total. The molecule has 31 heavy (non-hydrogen) atoms. The summed E-state index contributed by atoms with van der Waals surface area (Å²) >= 11 is 4.79. The van der Waals surface area contributed by atoms with E-state index in [-0.39, 0.29) is 17.3 Å². The highest BCUT2D eigenvalue weighted by Crippen LogP contribution is 2.17. The molecule has 2 N–H and O–H groups in total. The van der Waals surface area contributed by atoms with Gasteiger partial charge in [-0.2, -0.15) is 16.5 Å². The van der Waals surface area contributed by atoms with Gasteiger partial charge in [0, 0.05) is 10.2 Å². The van der Waals surface area contributed by atoms with E-state index in [9.17, 15) is 18.0 Å². The number of carbonyl (C=O) groups excluding carboxylic acids is 2. The van der Waals surface area contributed by atoms with E-state index >= 15 is 0 Å². The van der Waals surface area contributed by atoms with Gasteiger partial charge in [0.2, 0.25) is 15.9 Å². The summed E-state index contributed by atoms with van der Waals surface area (Å²) in [5, 5.41) is 2.74.